The highest BCUT2D eigenvalue weighted by molar-refractivity contribution is 8.31. The molecule has 0 saturated carbocycles. The molecule has 98 valence electrons. The number of benzene rings is 1. The summed E-state index contributed by atoms with van der Waals surface area (Å²) in [6, 6.07) is 6.44. The van der Waals surface area contributed by atoms with E-state index in [1.807, 2.05) is 0 Å². The highest BCUT2D eigenvalue weighted by atomic mass is 36.0. The van der Waals surface area contributed by atoms with E-state index < -0.39 is 14.0 Å². The molecule has 9 heteroatoms. The summed E-state index contributed by atoms with van der Waals surface area (Å²) in [6.45, 7) is 0. The molecule has 0 amide bonds. The Bertz CT molecular complexity index is 711. The molecular weight excluding hydrogens is 315 g/mol. The standard InChI is InChI=1S/C10H5N2O2.Cl2O2S/c11-12-8-5-9(13)6-3-1-2-4-7(6)10(8)14;1-5(2,3)4/h1-5H;/q+1;. The molecule has 1 aliphatic carbocycles. The molecule has 0 bridgehead atoms. The van der Waals surface area contributed by atoms with Gasteiger partial charge in [-0.15, -0.1) is 0 Å². The van der Waals surface area contributed by atoms with Gasteiger partial charge in [0.25, 0.3) is 5.78 Å². The number of diazo groups is 1. The Hall–Kier alpha value is -1.75. The Kier molecular flexibility index (Phi) is 4.78. The van der Waals surface area contributed by atoms with Crippen molar-refractivity contribution in [3.63, 3.8) is 0 Å². The summed E-state index contributed by atoms with van der Waals surface area (Å²) >= 11 is 0. The second kappa shape index (κ2) is 5.93. The van der Waals surface area contributed by atoms with E-state index in [9.17, 15) is 9.59 Å². The minimum absolute atomic E-state index is 0.214. The topological polar surface area (TPSA) is 96.4 Å². The SMILES string of the molecule is N#[N+]C1=CC(=O)c2ccccc2C1=O.O=S(=O)(Cl)Cl. The van der Waals surface area contributed by atoms with Crippen LogP contribution in [0.2, 0.25) is 0 Å². The van der Waals surface area contributed by atoms with Gasteiger partial charge in [-0.3, -0.25) is 9.59 Å². The zero-order valence-electron chi connectivity index (χ0n) is 9.08. The van der Waals surface area contributed by atoms with Gasteiger partial charge in [-0.05, 0) is 6.07 Å². The highest BCUT2D eigenvalue weighted by Crippen LogP contribution is 2.21. The number of Topliss-reactive ketones (excluding diaryl/α,β-unsaturated/α-hetero) is 1. The van der Waals surface area contributed by atoms with Gasteiger partial charge >= 0.3 is 14.0 Å². The van der Waals surface area contributed by atoms with E-state index in [4.69, 9.17) is 13.8 Å². The molecule has 1 aromatic carbocycles. The lowest BCUT2D eigenvalue weighted by atomic mass is 9.93. The van der Waals surface area contributed by atoms with Crippen molar-refractivity contribution in [3.8, 4) is 0 Å². The molecule has 0 radical (unpaired) electrons. The Morgan fingerprint density at radius 2 is 1.53 bits per heavy atom. The number of nitrogens with zero attached hydrogens (tertiary/aromatic N) is 2. The molecule has 0 N–H and O–H groups in total. The van der Waals surface area contributed by atoms with E-state index >= 15 is 0 Å². The lowest BCUT2D eigenvalue weighted by Gasteiger charge is -2.04. The van der Waals surface area contributed by atoms with Crippen LogP contribution >= 0.6 is 21.4 Å². The predicted octanol–water partition coefficient (Wildman–Crippen LogP) is 2.51. The van der Waals surface area contributed by atoms with Crippen LogP contribution in [0.3, 0.4) is 0 Å². The monoisotopic (exact) mass is 319 g/mol. The van der Waals surface area contributed by atoms with Gasteiger partial charge in [-0.2, -0.15) is 8.42 Å². The number of carbonyl (C=O) groups is 2. The van der Waals surface area contributed by atoms with E-state index in [-0.39, 0.29) is 17.0 Å². The first-order chi connectivity index (χ1) is 8.74. The summed E-state index contributed by atoms with van der Waals surface area (Å²) in [5.41, 5.74) is 0.423. The van der Waals surface area contributed by atoms with E-state index in [2.05, 4.69) is 26.3 Å². The Labute approximate surface area is 117 Å². The molecule has 0 aromatic heterocycles. The third-order valence-electron chi connectivity index (χ3n) is 2.05. The first kappa shape index (κ1) is 15.3. The van der Waals surface area contributed by atoms with Crippen molar-refractivity contribution in [3.05, 3.63) is 52.1 Å². The van der Waals surface area contributed by atoms with Crippen LogP contribution in [-0.4, -0.2) is 20.0 Å². The minimum Gasteiger partial charge on any atom is -0.289 e. The van der Waals surface area contributed by atoms with Crippen LogP contribution in [0.25, 0.3) is 4.98 Å². The summed E-state index contributed by atoms with van der Waals surface area (Å²) in [7, 11) is 4.81. The van der Waals surface area contributed by atoms with Crippen LogP contribution in [-0.2, 0) is 8.26 Å². The first-order valence-electron chi connectivity index (χ1n) is 4.63. The molecule has 1 aromatic rings. The van der Waals surface area contributed by atoms with Crippen LogP contribution in [0, 0.1) is 5.39 Å². The summed E-state index contributed by atoms with van der Waals surface area (Å²) in [5, 5.41) is 8.49. The quantitative estimate of drug-likeness (QED) is 0.540. The normalized spacial score (nSPS) is 13.6. The van der Waals surface area contributed by atoms with E-state index in [0.29, 0.717) is 5.56 Å². The second-order valence-corrected chi connectivity index (χ2v) is 6.92. The third-order valence-corrected chi connectivity index (χ3v) is 2.05. The predicted molar refractivity (Wildman–Crippen MR) is 68.9 cm³/mol. The van der Waals surface area contributed by atoms with Crippen LogP contribution in [0.4, 0.5) is 0 Å². The summed E-state index contributed by atoms with van der Waals surface area (Å²) in [5.74, 6) is -0.740. The molecule has 2 rings (SSSR count). The van der Waals surface area contributed by atoms with Gasteiger partial charge in [0.05, 0.1) is 6.08 Å². The molecule has 6 nitrogen and oxygen atoms in total. The number of carbonyl (C=O) groups excluding carboxylic acids is 2. The number of hydrogen-bond acceptors (Lipinski definition) is 5. The van der Waals surface area contributed by atoms with Crippen LogP contribution in [0.5, 0.6) is 0 Å². The van der Waals surface area contributed by atoms with E-state index in [1.54, 1.807) is 18.2 Å². The Morgan fingerprint density at radius 1 is 1.05 bits per heavy atom. The van der Waals surface area contributed by atoms with Crippen LogP contribution in [0.1, 0.15) is 20.7 Å². The van der Waals surface area contributed by atoms with Crippen molar-refractivity contribution in [2.75, 3.05) is 0 Å². The molecule has 0 saturated heterocycles. The number of hydrogen-bond donors (Lipinski definition) is 0. The molecule has 1 aliphatic rings. The van der Waals surface area contributed by atoms with Gasteiger partial charge in [-0.1, -0.05) is 18.2 Å². The fourth-order valence-corrected chi connectivity index (χ4v) is 1.38. The number of allylic oxidation sites excluding steroid dienone is 2. The Morgan fingerprint density at radius 3 is 2.00 bits per heavy atom. The lowest BCUT2D eigenvalue weighted by Crippen LogP contribution is -2.14. The summed E-state index contributed by atoms with van der Waals surface area (Å²) in [4.78, 5) is 25.7. The largest absolute Gasteiger partial charge is 0.436 e. The molecule has 0 spiro atoms. The van der Waals surface area contributed by atoms with Gasteiger partial charge < -0.3 is 0 Å². The Balaban J connectivity index is 0.000000312. The van der Waals surface area contributed by atoms with Crippen molar-refractivity contribution in [2.24, 2.45) is 0 Å². The molecule has 0 atom stereocenters. The summed E-state index contributed by atoms with van der Waals surface area (Å²) < 4.78 is 18.3. The van der Waals surface area contributed by atoms with Gasteiger partial charge in [0.1, 0.15) is 0 Å². The van der Waals surface area contributed by atoms with Crippen LogP contribution < -0.4 is 0 Å². The van der Waals surface area contributed by atoms with E-state index in [1.165, 1.54) is 6.07 Å². The number of halogens is 2. The van der Waals surface area contributed by atoms with Crippen molar-refractivity contribution in [1.82, 2.24) is 0 Å². The molecule has 0 unspecified atom stereocenters. The summed E-state index contributed by atoms with van der Waals surface area (Å²) in [6.07, 6.45) is 1.03. The molecule has 19 heavy (non-hydrogen) atoms. The zero-order chi connectivity index (χ0) is 14.6. The average Bonchev–Trinajstić information content (AvgIpc) is 2.32. The van der Waals surface area contributed by atoms with Crippen LogP contribution in [0.15, 0.2) is 36.0 Å². The first-order valence-corrected chi connectivity index (χ1v) is 7.76. The molecule has 0 aliphatic heterocycles. The smallest absolute Gasteiger partial charge is 0.289 e. The number of fused-ring (bicyclic) bond motifs is 1. The van der Waals surface area contributed by atoms with Crippen molar-refractivity contribution < 1.29 is 18.0 Å². The number of ketones is 2. The van der Waals surface area contributed by atoms with E-state index in [0.717, 1.165) is 6.08 Å². The molecular formula is C10H5Cl2N2O4S+. The maximum Gasteiger partial charge on any atom is 0.436 e. The molecule has 0 fully saturated rings. The van der Waals surface area contributed by atoms with Gasteiger partial charge in [0, 0.05) is 32.5 Å². The highest BCUT2D eigenvalue weighted by Gasteiger charge is 2.33. The fraction of sp³-hybridized carbons (Fsp3) is 0. The fourth-order valence-electron chi connectivity index (χ4n) is 1.38. The third kappa shape index (κ3) is 4.44. The maximum atomic E-state index is 11.5. The van der Waals surface area contributed by atoms with Gasteiger partial charge in [0.15, 0.2) is 10.8 Å². The van der Waals surface area contributed by atoms with Crippen molar-refractivity contribution in [1.29, 1.82) is 5.39 Å². The zero-order valence-corrected chi connectivity index (χ0v) is 11.4. The van der Waals surface area contributed by atoms with Crippen molar-refractivity contribution in [2.45, 2.75) is 0 Å². The molecule has 0 heterocycles. The number of rotatable bonds is 0. The van der Waals surface area contributed by atoms with Gasteiger partial charge in [0.2, 0.25) is 5.39 Å². The van der Waals surface area contributed by atoms with Gasteiger partial charge in [-0.25, -0.2) is 0 Å². The maximum absolute atomic E-state index is 11.5. The minimum atomic E-state index is -3.72. The van der Waals surface area contributed by atoms with Crippen molar-refractivity contribution >= 4 is 41.2 Å². The second-order valence-electron chi connectivity index (χ2n) is 3.25. The lowest BCUT2D eigenvalue weighted by molar-refractivity contribution is 0.0987. The average molecular weight is 320 g/mol.